The van der Waals surface area contributed by atoms with E-state index in [4.69, 9.17) is 14.2 Å². The van der Waals surface area contributed by atoms with Gasteiger partial charge < -0.3 is 24.8 Å². The molecule has 2 amide bonds. The lowest BCUT2D eigenvalue weighted by atomic mass is 10.2. The Hall–Kier alpha value is -1.95. The van der Waals surface area contributed by atoms with Crippen LogP contribution in [0.3, 0.4) is 0 Å². The summed E-state index contributed by atoms with van der Waals surface area (Å²) in [6, 6.07) is 5.03. The Morgan fingerprint density at radius 3 is 2.32 bits per heavy atom. The molecule has 1 aromatic rings. The zero-order valence-electron chi connectivity index (χ0n) is 13.6. The minimum atomic E-state index is -0.295. The zero-order chi connectivity index (χ0) is 16.2. The molecule has 6 nitrogen and oxygen atoms in total. The fraction of sp³-hybridized carbons (Fsp3) is 0.562. The summed E-state index contributed by atoms with van der Waals surface area (Å²) in [6.45, 7) is 4.11. The van der Waals surface area contributed by atoms with E-state index in [-0.39, 0.29) is 6.03 Å². The molecule has 0 spiro atoms. The van der Waals surface area contributed by atoms with Crippen LogP contribution in [0.25, 0.3) is 0 Å². The smallest absolute Gasteiger partial charge is 0.319 e. The Morgan fingerprint density at radius 2 is 1.73 bits per heavy atom. The molecule has 0 aromatic heterocycles. The van der Waals surface area contributed by atoms with E-state index in [9.17, 15) is 4.79 Å². The second kappa shape index (κ2) is 10.7. The summed E-state index contributed by atoms with van der Waals surface area (Å²) in [7, 11) is 3.09. The van der Waals surface area contributed by atoms with E-state index < -0.39 is 0 Å². The molecule has 0 heterocycles. The highest BCUT2D eigenvalue weighted by Gasteiger charge is 2.12. The molecule has 22 heavy (non-hydrogen) atoms. The minimum Gasteiger partial charge on any atom is -0.494 e. The number of hydrogen-bond donors (Lipinski definition) is 2. The second-order valence-corrected chi connectivity index (χ2v) is 4.74. The van der Waals surface area contributed by atoms with E-state index in [1.807, 2.05) is 0 Å². The zero-order valence-corrected chi connectivity index (χ0v) is 13.6. The predicted octanol–water partition coefficient (Wildman–Crippen LogP) is 3.03. The van der Waals surface area contributed by atoms with Crippen LogP contribution in [0, 0.1) is 0 Å². The number of carbonyl (C=O) groups excluding carboxylic acids is 1. The van der Waals surface area contributed by atoms with E-state index in [0.29, 0.717) is 30.3 Å². The predicted molar refractivity (Wildman–Crippen MR) is 86.9 cm³/mol. The van der Waals surface area contributed by atoms with Gasteiger partial charge in [0.05, 0.1) is 14.2 Å². The first-order valence-corrected chi connectivity index (χ1v) is 7.56. The number of hydrogen-bond acceptors (Lipinski definition) is 4. The first-order chi connectivity index (χ1) is 10.7. The molecule has 1 aromatic carbocycles. The van der Waals surface area contributed by atoms with Crippen LogP contribution in [0.5, 0.6) is 11.5 Å². The molecule has 0 radical (unpaired) electrons. The van der Waals surface area contributed by atoms with Gasteiger partial charge in [0, 0.05) is 19.8 Å². The summed E-state index contributed by atoms with van der Waals surface area (Å²) < 4.78 is 15.9. The van der Waals surface area contributed by atoms with Gasteiger partial charge in [-0.25, -0.2) is 4.79 Å². The molecule has 0 aliphatic heterocycles. The normalized spacial score (nSPS) is 10.1. The minimum absolute atomic E-state index is 0.295. The second-order valence-electron chi connectivity index (χ2n) is 4.74. The van der Waals surface area contributed by atoms with Crippen molar-refractivity contribution in [2.24, 2.45) is 0 Å². The van der Waals surface area contributed by atoms with Gasteiger partial charge in [0.15, 0.2) is 0 Å². The van der Waals surface area contributed by atoms with Gasteiger partial charge in [0.2, 0.25) is 0 Å². The lowest BCUT2D eigenvalue weighted by Crippen LogP contribution is -2.30. The first kappa shape index (κ1) is 18.1. The summed E-state index contributed by atoms with van der Waals surface area (Å²) >= 11 is 0. The van der Waals surface area contributed by atoms with Crippen LogP contribution in [-0.2, 0) is 4.74 Å². The van der Waals surface area contributed by atoms with Crippen molar-refractivity contribution in [2.45, 2.75) is 26.2 Å². The molecule has 0 saturated carbocycles. The highest BCUT2D eigenvalue weighted by molar-refractivity contribution is 5.92. The van der Waals surface area contributed by atoms with Crippen LogP contribution >= 0.6 is 0 Å². The summed E-state index contributed by atoms with van der Waals surface area (Å²) in [5.74, 6) is 1.11. The van der Waals surface area contributed by atoms with E-state index in [0.717, 1.165) is 25.9 Å². The van der Waals surface area contributed by atoms with E-state index in [1.165, 1.54) is 0 Å². The molecule has 0 aliphatic rings. The van der Waals surface area contributed by atoms with E-state index in [1.54, 1.807) is 32.4 Å². The average molecular weight is 310 g/mol. The van der Waals surface area contributed by atoms with Crippen molar-refractivity contribution in [3.63, 3.8) is 0 Å². The Balaban J connectivity index is 2.36. The molecular formula is C16H26N2O4. The quantitative estimate of drug-likeness (QED) is 0.652. The number of urea groups is 1. The first-order valence-electron chi connectivity index (χ1n) is 7.56. The SMILES string of the molecule is CCCCOCCCNC(=O)Nc1c(OC)cccc1OC. The van der Waals surface area contributed by atoms with E-state index >= 15 is 0 Å². The third-order valence-corrected chi connectivity index (χ3v) is 3.06. The number of methoxy groups -OCH3 is 2. The Bertz CT molecular complexity index is 430. The molecule has 0 fully saturated rings. The molecule has 6 heteroatoms. The molecule has 0 atom stereocenters. The number of benzene rings is 1. The Morgan fingerprint density at radius 1 is 1.09 bits per heavy atom. The van der Waals surface area contributed by atoms with Crippen LogP contribution in [0.4, 0.5) is 10.5 Å². The van der Waals surface area contributed by atoms with Crippen molar-refractivity contribution < 1.29 is 19.0 Å². The van der Waals surface area contributed by atoms with Crippen molar-refractivity contribution in [1.29, 1.82) is 0 Å². The van der Waals surface area contributed by atoms with Gasteiger partial charge in [-0.15, -0.1) is 0 Å². The van der Waals surface area contributed by atoms with Gasteiger partial charge in [-0.1, -0.05) is 19.4 Å². The molecule has 124 valence electrons. The van der Waals surface area contributed by atoms with Crippen molar-refractivity contribution in [3.05, 3.63) is 18.2 Å². The largest absolute Gasteiger partial charge is 0.494 e. The summed E-state index contributed by atoms with van der Waals surface area (Å²) in [4.78, 5) is 11.9. The molecule has 0 saturated heterocycles. The van der Waals surface area contributed by atoms with Gasteiger partial charge in [0.1, 0.15) is 17.2 Å². The molecule has 2 N–H and O–H groups in total. The van der Waals surface area contributed by atoms with Crippen molar-refractivity contribution in [1.82, 2.24) is 5.32 Å². The number of anilines is 1. The lowest BCUT2D eigenvalue weighted by molar-refractivity contribution is 0.129. The average Bonchev–Trinajstić information content (AvgIpc) is 2.54. The molecule has 0 bridgehead atoms. The number of para-hydroxylation sites is 1. The number of amides is 2. The molecule has 0 aliphatic carbocycles. The van der Waals surface area contributed by atoms with Crippen LogP contribution in [-0.4, -0.2) is 40.0 Å². The highest BCUT2D eigenvalue weighted by Crippen LogP contribution is 2.33. The lowest BCUT2D eigenvalue weighted by Gasteiger charge is -2.14. The third kappa shape index (κ3) is 6.22. The summed E-state index contributed by atoms with van der Waals surface area (Å²) in [6.07, 6.45) is 2.98. The van der Waals surface area contributed by atoms with Crippen molar-refractivity contribution in [3.8, 4) is 11.5 Å². The fourth-order valence-corrected chi connectivity index (χ4v) is 1.86. The maximum absolute atomic E-state index is 11.9. The number of rotatable bonds is 10. The fourth-order valence-electron chi connectivity index (χ4n) is 1.86. The van der Waals surface area contributed by atoms with Crippen molar-refractivity contribution >= 4 is 11.7 Å². The Labute approximate surface area is 132 Å². The highest BCUT2D eigenvalue weighted by atomic mass is 16.5. The third-order valence-electron chi connectivity index (χ3n) is 3.06. The van der Waals surface area contributed by atoms with Gasteiger partial charge in [-0.3, -0.25) is 0 Å². The number of carbonyl (C=O) groups is 1. The monoisotopic (exact) mass is 310 g/mol. The number of unbranched alkanes of at least 4 members (excludes halogenated alkanes) is 1. The maximum atomic E-state index is 11.9. The van der Waals surface area contributed by atoms with Crippen LogP contribution in [0.2, 0.25) is 0 Å². The standard InChI is InChI=1S/C16H26N2O4/c1-4-5-11-22-12-7-10-17-16(19)18-15-13(20-2)8-6-9-14(15)21-3/h6,8-9H,4-5,7,10-12H2,1-3H3,(H2,17,18,19). The number of ether oxygens (including phenoxy) is 3. The van der Waals surface area contributed by atoms with Crippen LogP contribution in [0.15, 0.2) is 18.2 Å². The Kier molecular flexibility index (Phi) is 8.83. The van der Waals surface area contributed by atoms with Gasteiger partial charge in [-0.2, -0.15) is 0 Å². The summed E-state index contributed by atoms with van der Waals surface area (Å²) in [5.41, 5.74) is 0.518. The number of nitrogens with one attached hydrogen (secondary N) is 2. The molecule has 1 rings (SSSR count). The molecule has 0 unspecified atom stereocenters. The molecular weight excluding hydrogens is 284 g/mol. The van der Waals surface area contributed by atoms with Crippen LogP contribution in [0.1, 0.15) is 26.2 Å². The van der Waals surface area contributed by atoms with Crippen molar-refractivity contribution in [2.75, 3.05) is 39.3 Å². The van der Waals surface area contributed by atoms with Gasteiger partial charge >= 0.3 is 6.03 Å². The van der Waals surface area contributed by atoms with Crippen LogP contribution < -0.4 is 20.1 Å². The summed E-state index contributed by atoms with van der Waals surface area (Å²) in [5, 5.41) is 5.53. The topological polar surface area (TPSA) is 68.8 Å². The van der Waals surface area contributed by atoms with E-state index in [2.05, 4.69) is 17.6 Å². The van der Waals surface area contributed by atoms with Gasteiger partial charge in [-0.05, 0) is 25.0 Å². The maximum Gasteiger partial charge on any atom is 0.319 e. The van der Waals surface area contributed by atoms with Gasteiger partial charge in [0.25, 0.3) is 0 Å².